The van der Waals surface area contributed by atoms with Crippen molar-refractivity contribution >= 4 is 33.3 Å². The number of hydrogen-bond donors (Lipinski definition) is 1. The van der Waals surface area contributed by atoms with Crippen LogP contribution in [0.25, 0.3) is 0 Å². The van der Waals surface area contributed by atoms with Gasteiger partial charge < -0.3 is 14.7 Å². The van der Waals surface area contributed by atoms with Crippen molar-refractivity contribution in [2.75, 3.05) is 11.5 Å². The second-order valence-corrected chi connectivity index (χ2v) is 7.25. The summed E-state index contributed by atoms with van der Waals surface area (Å²) >= 11 is 3.38. The number of para-hydroxylation sites is 1. The Morgan fingerprint density at radius 2 is 2.00 bits per heavy atom. The van der Waals surface area contributed by atoms with Gasteiger partial charge in [-0.3, -0.25) is 9.59 Å². The molecular weight excluding hydrogens is 398 g/mol. The fourth-order valence-corrected chi connectivity index (χ4v) is 3.67. The molecule has 3 rings (SSSR count). The average molecular weight is 418 g/mol. The van der Waals surface area contributed by atoms with Crippen molar-refractivity contribution in [1.82, 2.24) is 0 Å². The van der Waals surface area contributed by atoms with Crippen LogP contribution < -0.4 is 9.64 Å². The molecule has 0 spiro atoms. The highest BCUT2D eigenvalue weighted by atomic mass is 79.9. The number of halogens is 1. The summed E-state index contributed by atoms with van der Waals surface area (Å²) in [5, 5.41) is 11.1. The lowest BCUT2D eigenvalue weighted by Gasteiger charge is -2.23. The van der Waals surface area contributed by atoms with Gasteiger partial charge in [-0.25, -0.2) is 0 Å². The standard InChI is InChI=1S/C20H20BrNO4/c1-3-26-18-7-5-4-6-14(18)12-22-17-9-8-15(21)10-16(17)20(25,19(22)24)11-13(2)23/h4-10,25H,3,11-12H2,1-2H3/t20-/m1/s1. The van der Waals surface area contributed by atoms with E-state index in [0.717, 1.165) is 10.0 Å². The molecule has 0 radical (unpaired) electrons. The molecule has 1 aliphatic heterocycles. The van der Waals surface area contributed by atoms with Gasteiger partial charge in [0.25, 0.3) is 5.91 Å². The molecule has 0 unspecified atom stereocenters. The number of benzene rings is 2. The number of aliphatic hydroxyl groups is 1. The minimum atomic E-state index is -1.84. The van der Waals surface area contributed by atoms with E-state index in [9.17, 15) is 14.7 Å². The third-order valence-corrected chi connectivity index (χ3v) is 4.89. The van der Waals surface area contributed by atoms with Crippen LogP contribution in [0.2, 0.25) is 0 Å². The van der Waals surface area contributed by atoms with Gasteiger partial charge in [0, 0.05) is 22.0 Å². The van der Waals surface area contributed by atoms with Gasteiger partial charge in [0.15, 0.2) is 5.60 Å². The van der Waals surface area contributed by atoms with Crippen molar-refractivity contribution in [3.63, 3.8) is 0 Å². The van der Waals surface area contributed by atoms with E-state index in [1.54, 1.807) is 12.1 Å². The number of Topliss-reactive ketones (excluding diaryl/α,β-unsaturated/α-hetero) is 1. The Kier molecular flexibility index (Phi) is 5.16. The number of hydrogen-bond acceptors (Lipinski definition) is 4. The first-order chi connectivity index (χ1) is 12.4. The quantitative estimate of drug-likeness (QED) is 0.779. The summed E-state index contributed by atoms with van der Waals surface area (Å²) in [4.78, 5) is 26.3. The normalized spacial score (nSPS) is 18.8. The molecule has 0 aliphatic carbocycles. The molecule has 2 aromatic carbocycles. The fourth-order valence-electron chi connectivity index (χ4n) is 3.31. The third kappa shape index (κ3) is 3.27. The molecule has 1 aliphatic rings. The van der Waals surface area contributed by atoms with Crippen LogP contribution in [-0.4, -0.2) is 23.4 Å². The molecule has 1 atom stereocenters. The number of anilines is 1. The topological polar surface area (TPSA) is 66.8 Å². The van der Waals surface area contributed by atoms with Gasteiger partial charge in [-0.15, -0.1) is 0 Å². The van der Waals surface area contributed by atoms with Gasteiger partial charge in [-0.1, -0.05) is 34.1 Å². The molecule has 0 bridgehead atoms. The number of carbonyl (C=O) groups is 2. The monoisotopic (exact) mass is 417 g/mol. The molecule has 2 aromatic rings. The Bertz CT molecular complexity index is 867. The Morgan fingerprint density at radius 1 is 1.27 bits per heavy atom. The van der Waals surface area contributed by atoms with Gasteiger partial charge in [0.2, 0.25) is 0 Å². The molecule has 1 heterocycles. The van der Waals surface area contributed by atoms with Crippen LogP contribution in [-0.2, 0) is 21.7 Å². The van der Waals surface area contributed by atoms with Gasteiger partial charge in [-0.2, -0.15) is 0 Å². The number of rotatable bonds is 6. The van der Waals surface area contributed by atoms with E-state index >= 15 is 0 Å². The second kappa shape index (κ2) is 7.21. The largest absolute Gasteiger partial charge is 0.494 e. The lowest BCUT2D eigenvalue weighted by Crippen LogP contribution is -2.41. The van der Waals surface area contributed by atoms with E-state index in [2.05, 4.69) is 15.9 Å². The molecule has 1 amide bonds. The average Bonchev–Trinajstić information content (AvgIpc) is 2.78. The lowest BCUT2D eigenvalue weighted by atomic mass is 9.90. The van der Waals surface area contributed by atoms with Crippen LogP contribution in [0.1, 0.15) is 31.4 Å². The van der Waals surface area contributed by atoms with E-state index < -0.39 is 11.5 Å². The number of amides is 1. The van der Waals surface area contributed by atoms with Crippen LogP contribution >= 0.6 is 15.9 Å². The van der Waals surface area contributed by atoms with E-state index in [1.807, 2.05) is 37.3 Å². The highest BCUT2D eigenvalue weighted by Gasteiger charge is 2.50. The Hall–Kier alpha value is -2.18. The van der Waals surface area contributed by atoms with Crippen LogP contribution in [0.5, 0.6) is 5.75 Å². The molecule has 0 saturated carbocycles. The first-order valence-corrected chi connectivity index (χ1v) is 9.20. The first-order valence-electron chi connectivity index (χ1n) is 8.41. The number of carbonyl (C=O) groups excluding carboxylic acids is 2. The molecule has 0 fully saturated rings. The smallest absolute Gasteiger partial charge is 0.264 e. The fraction of sp³-hybridized carbons (Fsp3) is 0.300. The summed E-state index contributed by atoms with van der Waals surface area (Å²) in [6.07, 6.45) is -0.251. The van der Waals surface area contributed by atoms with E-state index in [-0.39, 0.29) is 18.7 Å². The highest BCUT2D eigenvalue weighted by molar-refractivity contribution is 9.10. The molecule has 5 nitrogen and oxygen atoms in total. The van der Waals surface area contributed by atoms with Crippen LogP contribution in [0.4, 0.5) is 5.69 Å². The molecule has 0 saturated heterocycles. The first kappa shape index (κ1) is 18.6. The minimum Gasteiger partial charge on any atom is -0.494 e. The Labute approximate surface area is 160 Å². The maximum Gasteiger partial charge on any atom is 0.264 e. The third-order valence-electron chi connectivity index (χ3n) is 4.40. The van der Waals surface area contributed by atoms with Gasteiger partial charge in [0.05, 0.1) is 18.8 Å². The Morgan fingerprint density at radius 3 is 2.69 bits per heavy atom. The van der Waals surface area contributed by atoms with Crippen LogP contribution in [0, 0.1) is 0 Å². The molecular formula is C20H20BrNO4. The van der Waals surface area contributed by atoms with Crippen molar-refractivity contribution in [1.29, 1.82) is 0 Å². The number of fused-ring (bicyclic) bond motifs is 1. The molecule has 136 valence electrons. The number of nitrogens with zero attached hydrogens (tertiary/aromatic N) is 1. The van der Waals surface area contributed by atoms with Gasteiger partial charge in [0.1, 0.15) is 11.5 Å². The van der Waals surface area contributed by atoms with Crippen LogP contribution in [0.15, 0.2) is 46.9 Å². The predicted octanol–water partition coefficient (Wildman–Crippen LogP) is 3.56. The summed E-state index contributed by atoms with van der Waals surface area (Å²) in [7, 11) is 0. The molecule has 26 heavy (non-hydrogen) atoms. The summed E-state index contributed by atoms with van der Waals surface area (Å²) in [6, 6.07) is 12.8. The molecule has 1 N–H and O–H groups in total. The maximum absolute atomic E-state index is 13.1. The summed E-state index contributed by atoms with van der Waals surface area (Å²) in [5.74, 6) is -0.0427. The lowest BCUT2D eigenvalue weighted by molar-refractivity contribution is -0.141. The highest BCUT2D eigenvalue weighted by Crippen LogP contribution is 2.44. The second-order valence-electron chi connectivity index (χ2n) is 6.33. The van der Waals surface area contributed by atoms with E-state index in [1.165, 1.54) is 11.8 Å². The van der Waals surface area contributed by atoms with E-state index in [0.29, 0.717) is 23.6 Å². The van der Waals surface area contributed by atoms with Crippen molar-refractivity contribution in [3.05, 3.63) is 58.1 Å². The summed E-state index contributed by atoms with van der Waals surface area (Å²) in [6.45, 7) is 4.04. The summed E-state index contributed by atoms with van der Waals surface area (Å²) < 4.78 is 6.38. The van der Waals surface area contributed by atoms with Crippen molar-refractivity contribution in [3.8, 4) is 5.75 Å². The van der Waals surface area contributed by atoms with Gasteiger partial charge in [-0.05, 0) is 38.1 Å². The predicted molar refractivity (Wildman–Crippen MR) is 102 cm³/mol. The summed E-state index contributed by atoms with van der Waals surface area (Å²) in [5.41, 5.74) is 0.0451. The SMILES string of the molecule is CCOc1ccccc1CN1C(=O)[C@@](O)(CC(C)=O)c2cc(Br)ccc21. The minimum absolute atomic E-state index is 0.247. The molecule has 0 aromatic heterocycles. The van der Waals surface area contributed by atoms with Crippen molar-refractivity contribution in [2.45, 2.75) is 32.4 Å². The van der Waals surface area contributed by atoms with Gasteiger partial charge >= 0.3 is 0 Å². The van der Waals surface area contributed by atoms with Crippen LogP contribution in [0.3, 0.4) is 0 Å². The number of ether oxygens (including phenoxy) is 1. The van der Waals surface area contributed by atoms with E-state index in [4.69, 9.17) is 4.74 Å². The maximum atomic E-state index is 13.1. The van der Waals surface area contributed by atoms with Crippen molar-refractivity contribution < 1.29 is 19.4 Å². The van der Waals surface area contributed by atoms with Crippen molar-refractivity contribution in [2.24, 2.45) is 0 Å². The zero-order chi connectivity index (χ0) is 18.9. The Balaban J connectivity index is 2.04. The zero-order valence-electron chi connectivity index (χ0n) is 14.7. The zero-order valence-corrected chi connectivity index (χ0v) is 16.2. The molecule has 6 heteroatoms. The number of ketones is 1.